The molecule has 0 amide bonds. The minimum absolute atomic E-state index is 0.0874. The molecule has 6 atom stereocenters. The Morgan fingerprint density at radius 2 is 1.91 bits per heavy atom. The molecule has 1 aliphatic rings. The lowest BCUT2D eigenvalue weighted by atomic mass is 9.96. The number of phosphoric acid groups is 3. The molecule has 3 rings (SSSR count). The van der Waals surface area contributed by atoms with Crippen LogP contribution >= 0.6 is 34.8 Å². The van der Waals surface area contributed by atoms with Crippen LogP contribution < -0.4 is 5.73 Å². The second-order valence-electron chi connectivity index (χ2n) is 6.42. The molecule has 1 saturated heterocycles. The average molecular weight is 550 g/mol. The fraction of sp³-hybridized carbons (Fsp3) is 0.417. The minimum Gasteiger partial charge on any atom is -0.386 e. The number of hydrogen-bond acceptors (Lipinski definition) is 13. The van der Waals surface area contributed by atoms with Gasteiger partial charge < -0.3 is 35.2 Å². The van der Waals surface area contributed by atoms with Crippen molar-refractivity contribution in [3.63, 3.8) is 0 Å². The van der Waals surface area contributed by atoms with Crippen LogP contribution in [-0.4, -0.2) is 59.1 Å². The first kappa shape index (κ1) is 26.2. The van der Waals surface area contributed by atoms with Crippen molar-refractivity contribution in [3.05, 3.63) is 17.3 Å². The fourth-order valence-corrected chi connectivity index (χ4v) is 6.83. The highest BCUT2D eigenvalue weighted by molar-refractivity contribution is 7.66. The van der Waals surface area contributed by atoms with Gasteiger partial charge in [-0.1, -0.05) is 0 Å². The number of aliphatic hydroxyl groups excluding tert-OH is 1. The van der Waals surface area contributed by atoms with E-state index in [2.05, 4.69) is 23.1 Å². The smallest absolute Gasteiger partial charge is 0.386 e. The van der Waals surface area contributed by atoms with Crippen LogP contribution in [-0.2, 0) is 31.6 Å². The van der Waals surface area contributed by atoms with Crippen LogP contribution in [0.4, 0.5) is 10.2 Å². The average Bonchev–Trinajstić information content (AvgIpc) is 3.19. The van der Waals surface area contributed by atoms with Crippen LogP contribution in [0.5, 0.6) is 0 Å². The number of nitrogens with two attached hydrogens (primary N) is 1. The Morgan fingerprint density at radius 3 is 2.52 bits per heavy atom. The van der Waals surface area contributed by atoms with Gasteiger partial charge in [0.2, 0.25) is 5.60 Å². The summed E-state index contributed by atoms with van der Waals surface area (Å²) in [4.78, 5) is 43.5. The summed E-state index contributed by atoms with van der Waals surface area (Å²) in [5.41, 5.74) is 3.38. The van der Waals surface area contributed by atoms with Crippen molar-refractivity contribution < 1.29 is 60.6 Å². The standard InChI is InChI=1S/C12H14FN4O12P3S/c13-6-8(5-1-33-9-7(5)16-4-17-11(9)15)27-12(2-14,10(6)18)3-26-31(22,23)29-32(24,25)28-30(19,20)21/h1,4,6,8,10,18H,3H2,(H,22,23)(H,24,25)(H2,15,16,17)(H2,19,20,21)/t6-,8-,10-,12+/m0/s1. The molecule has 0 radical (unpaired) electrons. The largest absolute Gasteiger partial charge is 0.490 e. The third-order valence-electron chi connectivity index (χ3n) is 4.17. The lowest BCUT2D eigenvalue weighted by Crippen LogP contribution is -2.44. The molecule has 21 heteroatoms. The summed E-state index contributed by atoms with van der Waals surface area (Å²) in [5, 5.41) is 21.2. The van der Waals surface area contributed by atoms with Crippen LogP contribution in [0.3, 0.4) is 0 Å². The first-order valence-electron chi connectivity index (χ1n) is 8.27. The van der Waals surface area contributed by atoms with Crippen LogP contribution in [0.2, 0.25) is 0 Å². The lowest BCUT2D eigenvalue weighted by Gasteiger charge is -2.25. The van der Waals surface area contributed by atoms with Crippen LogP contribution in [0.1, 0.15) is 11.7 Å². The number of phosphoric ester groups is 1. The fourth-order valence-electron chi connectivity index (χ4n) is 2.83. The highest BCUT2D eigenvalue weighted by Gasteiger charge is 2.58. The number of aromatic nitrogens is 2. The Balaban J connectivity index is 1.81. The summed E-state index contributed by atoms with van der Waals surface area (Å²) in [7, 11) is -17.1. The Bertz CT molecular complexity index is 1250. The van der Waals surface area contributed by atoms with Gasteiger partial charge in [0.25, 0.3) is 0 Å². The summed E-state index contributed by atoms with van der Waals surface area (Å²) < 4.78 is 66.0. The summed E-state index contributed by atoms with van der Waals surface area (Å²) in [5.74, 6) is 0.0874. The van der Waals surface area contributed by atoms with Crippen LogP contribution in [0, 0.1) is 11.3 Å². The van der Waals surface area contributed by atoms with Crippen molar-refractivity contribution in [2.24, 2.45) is 0 Å². The Morgan fingerprint density at radius 1 is 1.24 bits per heavy atom. The molecular formula is C12H14FN4O12P3S. The van der Waals surface area contributed by atoms with E-state index < -0.39 is 54.1 Å². The van der Waals surface area contributed by atoms with Crippen molar-refractivity contribution >= 4 is 50.8 Å². The van der Waals surface area contributed by atoms with Gasteiger partial charge in [-0.2, -0.15) is 13.9 Å². The molecule has 0 aromatic carbocycles. The van der Waals surface area contributed by atoms with Gasteiger partial charge in [-0.25, -0.2) is 28.1 Å². The summed E-state index contributed by atoms with van der Waals surface area (Å²) >= 11 is 1.03. The van der Waals surface area contributed by atoms with E-state index in [1.54, 1.807) is 0 Å². The number of halogens is 1. The number of alkyl halides is 1. The maximum Gasteiger partial charge on any atom is 0.490 e. The molecule has 2 unspecified atom stereocenters. The molecule has 182 valence electrons. The maximum absolute atomic E-state index is 14.9. The molecule has 0 bridgehead atoms. The summed E-state index contributed by atoms with van der Waals surface area (Å²) in [6.07, 6.45) is -5.01. The lowest BCUT2D eigenvalue weighted by molar-refractivity contribution is -0.0715. The number of anilines is 1. The van der Waals surface area contributed by atoms with Gasteiger partial charge in [0.1, 0.15) is 37.0 Å². The third-order valence-corrected chi connectivity index (χ3v) is 8.96. The second kappa shape index (κ2) is 8.99. The Hall–Kier alpha value is -1.41. The topological polar surface area (TPSA) is 265 Å². The predicted octanol–water partition coefficient (Wildman–Crippen LogP) is 0.649. The zero-order valence-corrected chi connectivity index (χ0v) is 19.2. The van der Waals surface area contributed by atoms with Gasteiger partial charge in [-0.05, 0) is 5.38 Å². The van der Waals surface area contributed by atoms with Crippen molar-refractivity contribution in [2.45, 2.75) is 24.0 Å². The highest BCUT2D eigenvalue weighted by Crippen LogP contribution is 2.66. The van der Waals surface area contributed by atoms with E-state index in [-0.39, 0.29) is 16.9 Å². The molecule has 1 fully saturated rings. The summed E-state index contributed by atoms with van der Waals surface area (Å²) in [6, 6.07) is 1.42. The zero-order chi connectivity index (χ0) is 24.8. The highest BCUT2D eigenvalue weighted by atomic mass is 32.1. The van der Waals surface area contributed by atoms with Crippen molar-refractivity contribution in [2.75, 3.05) is 12.3 Å². The monoisotopic (exact) mass is 550 g/mol. The molecule has 33 heavy (non-hydrogen) atoms. The first-order valence-corrected chi connectivity index (χ1v) is 13.7. The number of nitrogens with zero attached hydrogens (tertiary/aromatic N) is 3. The Labute approximate surface area is 186 Å². The molecule has 16 nitrogen and oxygen atoms in total. The van der Waals surface area contributed by atoms with Crippen molar-refractivity contribution in [1.82, 2.24) is 9.97 Å². The van der Waals surface area contributed by atoms with E-state index in [4.69, 9.17) is 25.2 Å². The van der Waals surface area contributed by atoms with Gasteiger partial charge in [0.15, 0.2) is 6.17 Å². The number of fused-ring (bicyclic) bond motifs is 1. The number of nitrogen functional groups attached to an aromatic ring is 1. The molecule has 0 saturated carbocycles. The number of hydrogen-bond donors (Lipinski definition) is 6. The van der Waals surface area contributed by atoms with Crippen molar-refractivity contribution in [1.29, 1.82) is 5.26 Å². The van der Waals surface area contributed by atoms with Gasteiger partial charge >= 0.3 is 23.5 Å². The van der Waals surface area contributed by atoms with Gasteiger partial charge in [-0.3, -0.25) is 4.52 Å². The van der Waals surface area contributed by atoms with Gasteiger partial charge in [-0.15, -0.1) is 11.3 Å². The van der Waals surface area contributed by atoms with E-state index in [9.17, 15) is 33.3 Å². The van der Waals surface area contributed by atoms with E-state index in [1.165, 1.54) is 11.4 Å². The zero-order valence-electron chi connectivity index (χ0n) is 15.7. The SMILES string of the molecule is N#C[C@]1(COP(=O)(O)OP(=O)(O)OP(=O)(O)O)O[C@@H](c2csc3c(N)ncnc23)[C@H](F)[C@@H]1O. The molecule has 0 aliphatic carbocycles. The van der Waals surface area contributed by atoms with E-state index in [0.29, 0.717) is 4.70 Å². The number of nitriles is 1. The normalized spacial score (nSPS) is 29.4. The molecule has 0 spiro atoms. The van der Waals surface area contributed by atoms with Crippen LogP contribution in [0.15, 0.2) is 11.7 Å². The van der Waals surface area contributed by atoms with E-state index in [1.807, 2.05) is 0 Å². The van der Waals surface area contributed by atoms with Crippen molar-refractivity contribution in [3.8, 4) is 6.07 Å². The molecule has 1 aliphatic heterocycles. The molecule has 7 N–H and O–H groups in total. The third kappa shape index (κ3) is 5.64. The summed E-state index contributed by atoms with van der Waals surface area (Å²) in [6.45, 7) is -1.37. The molecular weight excluding hydrogens is 536 g/mol. The van der Waals surface area contributed by atoms with Gasteiger partial charge in [0, 0.05) is 5.56 Å². The van der Waals surface area contributed by atoms with E-state index >= 15 is 0 Å². The molecule has 3 heterocycles. The molecule has 2 aromatic heterocycles. The van der Waals surface area contributed by atoms with Crippen LogP contribution in [0.25, 0.3) is 10.2 Å². The minimum atomic E-state index is -5.82. The second-order valence-corrected chi connectivity index (χ2v) is 11.7. The number of aliphatic hydroxyl groups is 1. The molecule has 2 aromatic rings. The quantitative estimate of drug-likeness (QED) is 0.246. The number of rotatable bonds is 8. The number of ether oxygens (including phenoxy) is 1. The maximum atomic E-state index is 14.9. The number of thiophene rings is 1. The Kier molecular flexibility index (Phi) is 7.14. The first-order chi connectivity index (χ1) is 15.1. The predicted molar refractivity (Wildman–Crippen MR) is 105 cm³/mol. The van der Waals surface area contributed by atoms with Gasteiger partial charge in [0.05, 0.1) is 10.2 Å². The van der Waals surface area contributed by atoms with E-state index in [0.717, 1.165) is 17.7 Å².